The van der Waals surface area contributed by atoms with Crippen LogP contribution in [0.25, 0.3) is 0 Å². The molecule has 0 fully saturated rings. The summed E-state index contributed by atoms with van der Waals surface area (Å²) in [5.41, 5.74) is 0.511. The third-order valence-electron chi connectivity index (χ3n) is 2.54. The summed E-state index contributed by atoms with van der Waals surface area (Å²) in [6.07, 6.45) is 2.23. The minimum Gasteiger partial charge on any atom is -0.396 e. The summed E-state index contributed by atoms with van der Waals surface area (Å²) in [4.78, 5) is 5.29. The first-order valence-electron chi connectivity index (χ1n) is 5.61. The van der Waals surface area contributed by atoms with E-state index in [0.29, 0.717) is 17.8 Å². The van der Waals surface area contributed by atoms with Crippen LogP contribution in [0.3, 0.4) is 0 Å². The summed E-state index contributed by atoms with van der Waals surface area (Å²) in [7, 11) is 0. The molecule has 1 unspecified atom stereocenters. The molecule has 0 bridgehead atoms. The highest BCUT2D eigenvalue weighted by Gasteiger charge is 2.14. The second kappa shape index (κ2) is 6.15. The van der Waals surface area contributed by atoms with Gasteiger partial charge in [0.25, 0.3) is 0 Å². The standard InChI is InChI=1S/C13H13N3OS/c14-9-10-3-1-6-15-13(10)16-11(5-7-17)12-4-2-8-18-12/h1-4,6,8,11,17H,5,7H2,(H,15,16). The fraction of sp³-hybridized carbons (Fsp3) is 0.231. The SMILES string of the molecule is N#Cc1cccnc1NC(CCO)c1cccs1. The Kier molecular flexibility index (Phi) is 4.29. The number of nitrogens with zero attached hydrogens (tertiary/aromatic N) is 2. The third-order valence-corrected chi connectivity index (χ3v) is 3.53. The van der Waals surface area contributed by atoms with Gasteiger partial charge in [0.2, 0.25) is 0 Å². The average Bonchev–Trinajstić information content (AvgIpc) is 2.92. The molecular formula is C13H13N3OS. The van der Waals surface area contributed by atoms with Crippen LogP contribution in [0.5, 0.6) is 0 Å². The average molecular weight is 259 g/mol. The molecule has 2 rings (SSSR count). The van der Waals surface area contributed by atoms with E-state index in [2.05, 4.69) is 16.4 Å². The molecule has 2 aromatic heterocycles. The lowest BCUT2D eigenvalue weighted by atomic mass is 10.1. The molecular weight excluding hydrogens is 246 g/mol. The monoisotopic (exact) mass is 259 g/mol. The van der Waals surface area contributed by atoms with Gasteiger partial charge in [-0.2, -0.15) is 5.26 Å². The lowest BCUT2D eigenvalue weighted by Gasteiger charge is -2.17. The number of aliphatic hydroxyl groups excluding tert-OH is 1. The van der Waals surface area contributed by atoms with Crippen LogP contribution in [0.1, 0.15) is 22.9 Å². The number of pyridine rings is 1. The number of aliphatic hydroxyl groups is 1. The Labute approximate surface area is 110 Å². The van der Waals surface area contributed by atoms with E-state index < -0.39 is 0 Å². The Morgan fingerprint density at radius 3 is 3.00 bits per heavy atom. The molecule has 0 radical (unpaired) electrons. The molecule has 0 aliphatic heterocycles. The predicted molar refractivity (Wildman–Crippen MR) is 71.3 cm³/mol. The van der Waals surface area contributed by atoms with Crippen LogP contribution < -0.4 is 5.32 Å². The number of nitriles is 1. The van der Waals surface area contributed by atoms with Crippen LogP contribution >= 0.6 is 11.3 Å². The first kappa shape index (κ1) is 12.6. The topological polar surface area (TPSA) is 68.9 Å². The predicted octanol–water partition coefficient (Wildman–Crippen LogP) is 2.55. The van der Waals surface area contributed by atoms with Crippen molar-refractivity contribution in [2.45, 2.75) is 12.5 Å². The van der Waals surface area contributed by atoms with Gasteiger partial charge in [-0.1, -0.05) is 6.07 Å². The smallest absolute Gasteiger partial charge is 0.144 e. The van der Waals surface area contributed by atoms with E-state index in [-0.39, 0.29) is 12.6 Å². The van der Waals surface area contributed by atoms with Crippen molar-refractivity contribution in [3.63, 3.8) is 0 Å². The zero-order valence-electron chi connectivity index (χ0n) is 9.71. The number of hydrogen-bond acceptors (Lipinski definition) is 5. The van der Waals surface area contributed by atoms with Crippen LogP contribution in [0.2, 0.25) is 0 Å². The highest BCUT2D eigenvalue weighted by atomic mass is 32.1. The van der Waals surface area contributed by atoms with Crippen molar-refractivity contribution in [1.29, 1.82) is 5.26 Å². The summed E-state index contributed by atoms with van der Waals surface area (Å²) in [5.74, 6) is 0.562. The van der Waals surface area contributed by atoms with Crippen molar-refractivity contribution < 1.29 is 5.11 Å². The molecule has 0 aliphatic rings. The molecule has 2 heterocycles. The van der Waals surface area contributed by atoms with Gasteiger partial charge in [-0.25, -0.2) is 4.98 Å². The zero-order valence-corrected chi connectivity index (χ0v) is 10.5. The number of rotatable bonds is 5. The number of hydrogen-bond donors (Lipinski definition) is 2. The fourth-order valence-corrected chi connectivity index (χ4v) is 2.49. The Morgan fingerprint density at radius 1 is 1.44 bits per heavy atom. The molecule has 92 valence electrons. The maximum absolute atomic E-state index is 9.12. The summed E-state index contributed by atoms with van der Waals surface area (Å²) in [5, 5.41) is 23.3. The molecule has 1 atom stereocenters. The van der Waals surface area contributed by atoms with Crippen LogP contribution in [0.15, 0.2) is 35.8 Å². The number of aromatic nitrogens is 1. The van der Waals surface area contributed by atoms with Gasteiger partial charge in [-0.15, -0.1) is 11.3 Å². The summed E-state index contributed by atoms with van der Waals surface area (Å²) in [6, 6.07) is 9.52. The summed E-state index contributed by atoms with van der Waals surface area (Å²) >= 11 is 1.62. The van der Waals surface area contributed by atoms with Gasteiger partial charge >= 0.3 is 0 Å². The lowest BCUT2D eigenvalue weighted by molar-refractivity contribution is 0.280. The number of anilines is 1. The Morgan fingerprint density at radius 2 is 2.33 bits per heavy atom. The molecule has 0 aliphatic carbocycles. The summed E-state index contributed by atoms with van der Waals surface area (Å²) < 4.78 is 0. The minimum atomic E-state index is -0.0167. The lowest BCUT2D eigenvalue weighted by Crippen LogP contribution is -2.13. The normalized spacial score (nSPS) is 11.8. The van der Waals surface area contributed by atoms with Crippen LogP contribution in [-0.4, -0.2) is 16.7 Å². The van der Waals surface area contributed by atoms with Gasteiger partial charge < -0.3 is 10.4 Å². The van der Waals surface area contributed by atoms with Crippen molar-refractivity contribution in [2.75, 3.05) is 11.9 Å². The van der Waals surface area contributed by atoms with Crippen molar-refractivity contribution in [3.8, 4) is 6.07 Å². The van der Waals surface area contributed by atoms with E-state index in [1.165, 1.54) is 0 Å². The highest BCUT2D eigenvalue weighted by molar-refractivity contribution is 7.10. The summed E-state index contributed by atoms with van der Waals surface area (Å²) in [6.45, 7) is 0.0876. The molecule has 5 heteroatoms. The Balaban J connectivity index is 2.22. The van der Waals surface area contributed by atoms with Gasteiger partial charge in [-0.3, -0.25) is 0 Å². The molecule has 0 saturated carbocycles. The Bertz CT molecular complexity index is 533. The second-order valence-electron chi connectivity index (χ2n) is 3.74. The third kappa shape index (κ3) is 2.86. The zero-order chi connectivity index (χ0) is 12.8. The molecule has 0 amide bonds. The minimum absolute atomic E-state index is 0.0167. The van der Waals surface area contributed by atoms with E-state index in [1.807, 2.05) is 17.5 Å². The van der Waals surface area contributed by atoms with Crippen LogP contribution in [0.4, 0.5) is 5.82 Å². The van der Waals surface area contributed by atoms with E-state index in [1.54, 1.807) is 29.7 Å². The van der Waals surface area contributed by atoms with E-state index >= 15 is 0 Å². The molecule has 0 aromatic carbocycles. The fourth-order valence-electron chi connectivity index (χ4n) is 1.68. The maximum Gasteiger partial charge on any atom is 0.144 e. The van der Waals surface area contributed by atoms with Gasteiger partial charge in [0, 0.05) is 17.7 Å². The van der Waals surface area contributed by atoms with E-state index in [9.17, 15) is 0 Å². The first-order chi connectivity index (χ1) is 8.85. The second-order valence-corrected chi connectivity index (χ2v) is 4.72. The van der Waals surface area contributed by atoms with Crippen molar-refractivity contribution in [2.24, 2.45) is 0 Å². The van der Waals surface area contributed by atoms with Crippen molar-refractivity contribution in [1.82, 2.24) is 4.98 Å². The van der Waals surface area contributed by atoms with E-state index in [4.69, 9.17) is 10.4 Å². The highest BCUT2D eigenvalue weighted by Crippen LogP contribution is 2.26. The molecule has 0 spiro atoms. The van der Waals surface area contributed by atoms with Gasteiger partial charge in [0.15, 0.2) is 0 Å². The van der Waals surface area contributed by atoms with Crippen LogP contribution in [-0.2, 0) is 0 Å². The first-order valence-corrected chi connectivity index (χ1v) is 6.49. The van der Waals surface area contributed by atoms with Gasteiger partial charge in [0.1, 0.15) is 11.9 Å². The number of nitrogens with one attached hydrogen (secondary N) is 1. The molecule has 18 heavy (non-hydrogen) atoms. The molecule has 2 N–H and O–H groups in total. The largest absolute Gasteiger partial charge is 0.396 e. The van der Waals surface area contributed by atoms with Gasteiger partial charge in [0.05, 0.1) is 11.6 Å². The van der Waals surface area contributed by atoms with Crippen molar-refractivity contribution >= 4 is 17.2 Å². The molecule has 2 aromatic rings. The Hall–Kier alpha value is -1.90. The van der Waals surface area contributed by atoms with Crippen molar-refractivity contribution in [3.05, 3.63) is 46.3 Å². The molecule has 0 saturated heterocycles. The number of thiophene rings is 1. The van der Waals surface area contributed by atoms with E-state index in [0.717, 1.165) is 4.88 Å². The quantitative estimate of drug-likeness (QED) is 0.865. The van der Waals surface area contributed by atoms with Crippen LogP contribution in [0, 0.1) is 11.3 Å². The molecule has 4 nitrogen and oxygen atoms in total. The maximum atomic E-state index is 9.12. The van der Waals surface area contributed by atoms with Gasteiger partial charge in [-0.05, 0) is 30.0 Å².